The van der Waals surface area contributed by atoms with Crippen LogP contribution in [0.5, 0.6) is 0 Å². The van der Waals surface area contributed by atoms with Crippen molar-refractivity contribution in [2.45, 2.75) is 38.3 Å². The third-order valence-corrected chi connectivity index (χ3v) is 4.58. The zero-order valence-corrected chi connectivity index (χ0v) is 12.4. The number of amides is 1. The van der Waals surface area contributed by atoms with Crippen LogP contribution in [0, 0.1) is 5.92 Å². The predicted octanol–water partition coefficient (Wildman–Crippen LogP) is 1.79. The molecule has 0 bridgehead atoms. The molecular formula is C16H24N2O3. The minimum absolute atomic E-state index is 0.119. The molecule has 2 saturated heterocycles. The highest BCUT2D eigenvalue weighted by atomic mass is 16.5. The molecule has 0 radical (unpaired) electrons. The summed E-state index contributed by atoms with van der Waals surface area (Å²) in [5.41, 5.74) is 1.01. The average Bonchev–Trinajstić information content (AvgIpc) is 3.07. The van der Waals surface area contributed by atoms with Gasteiger partial charge in [-0.1, -0.05) is 0 Å². The summed E-state index contributed by atoms with van der Waals surface area (Å²) in [4.78, 5) is 14.8. The standard InChI is InChI=1S/C16H24N2O3/c19-16(17-10-13-3-7-21-12-13)14-2-1-6-18(11-14)15-4-8-20-9-5-15/h3,7,12,14-15H,1-2,4-6,8-11H2,(H,17,19). The number of carbonyl (C=O) groups is 1. The molecule has 2 aliphatic rings. The van der Waals surface area contributed by atoms with Gasteiger partial charge in [-0.05, 0) is 38.3 Å². The molecule has 3 heterocycles. The first-order valence-electron chi connectivity index (χ1n) is 7.93. The molecule has 0 saturated carbocycles. The molecule has 0 aromatic carbocycles. The largest absolute Gasteiger partial charge is 0.472 e. The van der Waals surface area contributed by atoms with Gasteiger partial charge in [-0.2, -0.15) is 0 Å². The van der Waals surface area contributed by atoms with Crippen LogP contribution in [0.3, 0.4) is 0 Å². The van der Waals surface area contributed by atoms with Crippen molar-refractivity contribution in [3.63, 3.8) is 0 Å². The summed E-state index contributed by atoms with van der Waals surface area (Å²) in [6.07, 6.45) is 7.62. The predicted molar refractivity (Wildman–Crippen MR) is 78.7 cm³/mol. The number of rotatable bonds is 4. The van der Waals surface area contributed by atoms with Crippen LogP contribution in [0.2, 0.25) is 0 Å². The molecule has 1 amide bonds. The molecule has 1 aromatic rings. The number of ether oxygens (including phenoxy) is 1. The van der Waals surface area contributed by atoms with E-state index in [4.69, 9.17) is 9.15 Å². The Bertz CT molecular complexity index is 440. The number of hydrogen-bond donors (Lipinski definition) is 1. The molecule has 1 N–H and O–H groups in total. The molecule has 0 spiro atoms. The zero-order valence-electron chi connectivity index (χ0n) is 12.4. The highest BCUT2D eigenvalue weighted by Crippen LogP contribution is 2.23. The molecular weight excluding hydrogens is 268 g/mol. The molecule has 21 heavy (non-hydrogen) atoms. The summed E-state index contributed by atoms with van der Waals surface area (Å²) < 4.78 is 10.4. The van der Waals surface area contributed by atoms with Crippen molar-refractivity contribution in [1.29, 1.82) is 0 Å². The van der Waals surface area contributed by atoms with Gasteiger partial charge in [0, 0.05) is 37.9 Å². The lowest BCUT2D eigenvalue weighted by Crippen LogP contribution is -2.48. The second-order valence-corrected chi connectivity index (χ2v) is 6.03. The fraction of sp³-hybridized carbons (Fsp3) is 0.688. The number of nitrogens with one attached hydrogen (secondary N) is 1. The van der Waals surface area contributed by atoms with Gasteiger partial charge in [0.25, 0.3) is 0 Å². The van der Waals surface area contributed by atoms with E-state index >= 15 is 0 Å². The Kier molecular flexibility index (Phi) is 4.93. The average molecular weight is 292 g/mol. The van der Waals surface area contributed by atoms with Crippen LogP contribution in [-0.2, 0) is 16.1 Å². The summed E-state index contributed by atoms with van der Waals surface area (Å²) in [6, 6.07) is 2.48. The van der Waals surface area contributed by atoms with Crippen molar-refractivity contribution in [3.8, 4) is 0 Å². The van der Waals surface area contributed by atoms with E-state index in [2.05, 4.69) is 10.2 Å². The molecule has 3 rings (SSSR count). The van der Waals surface area contributed by atoms with Gasteiger partial charge in [0.2, 0.25) is 5.91 Å². The Hall–Kier alpha value is -1.33. The number of carbonyl (C=O) groups excluding carboxylic acids is 1. The van der Waals surface area contributed by atoms with Gasteiger partial charge in [-0.15, -0.1) is 0 Å². The second kappa shape index (κ2) is 7.09. The minimum Gasteiger partial charge on any atom is -0.472 e. The fourth-order valence-electron chi connectivity index (χ4n) is 3.33. The lowest BCUT2D eigenvalue weighted by atomic mass is 9.94. The van der Waals surface area contributed by atoms with E-state index in [0.717, 1.165) is 57.6 Å². The molecule has 2 aliphatic heterocycles. The highest BCUT2D eigenvalue weighted by Gasteiger charge is 2.30. The SMILES string of the molecule is O=C(NCc1ccoc1)C1CCCN(C2CCOCC2)C1. The number of nitrogens with zero attached hydrogens (tertiary/aromatic N) is 1. The van der Waals surface area contributed by atoms with Gasteiger partial charge >= 0.3 is 0 Å². The Morgan fingerprint density at radius 3 is 2.95 bits per heavy atom. The van der Waals surface area contributed by atoms with Gasteiger partial charge in [0.05, 0.1) is 18.4 Å². The van der Waals surface area contributed by atoms with Crippen molar-refractivity contribution in [1.82, 2.24) is 10.2 Å². The van der Waals surface area contributed by atoms with Gasteiger partial charge < -0.3 is 14.5 Å². The maximum absolute atomic E-state index is 12.3. The van der Waals surface area contributed by atoms with E-state index in [-0.39, 0.29) is 11.8 Å². The smallest absolute Gasteiger partial charge is 0.224 e. The Morgan fingerprint density at radius 2 is 2.19 bits per heavy atom. The van der Waals surface area contributed by atoms with Gasteiger partial charge in [0.15, 0.2) is 0 Å². The number of hydrogen-bond acceptors (Lipinski definition) is 4. The van der Waals surface area contributed by atoms with E-state index in [0.29, 0.717) is 12.6 Å². The van der Waals surface area contributed by atoms with Crippen LogP contribution >= 0.6 is 0 Å². The Morgan fingerprint density at radius 1 is 1.33 bits per heavy atom. The third kappa shape index (κ3) is 3.86. The van der Waals surface area contributed by atoms with E-state index < -0.39 is 0 Å². The van der Waals surface area contributed by atoms with Gasteiger partial charge in [-0.3, -0.25) is 9.69 Å². The summed E-state index contributed by atoms with van der Waals surface area (Å²) >= 11 is 0. The maximum atomic E-state index is 12.3. The van der Waals surface area contributed by atoms with E-state index in [1.54, 1.807) is 12.5 Å². The van der Waals surface area contributed by atoms with Crippen molar-refractivity contribution in [3.05, 3.63) is 24.2 Å². The second-order valence-electron chi connectivity index (χ2n) is 6.03. The molecule has 1 unspecified atom stereocenters. The first kappa shape index (κ1) is 14.6. The summed E-state index contributed by atoms with van der Waals surface area (Å²) in [5.74, 6) is 0.293. The zero-order chi connectivity index (χ0) is 14.5. The first-order chi connectivity index (χ1) is 10.3. The topological polar surface area (TPSA) is 54.7 Å². The van der Waals surface area contributed by atoms with E-state index in [9.17, 15) is 4.79 Å². The quantitative estimate of drug-likeness (QED) is 0.919. The molecule has 2 fully saturated rings. The molecule has 0 aliphatic carbocycles. The normalized spacial score (nSPS) is 24.9. The first-order valence-corrected chi connectivity index (χ1v) is 7.93. The maximum Gasteiger partial charge on any atom is 0.224 e. The van der Waals surface area contributed by atoms with Crippen LogP contribution in [0.25, 0.3) is 0 Å². The van der Waals surface area contributed by atoms with Gasteiger partial charge in [-0.25, -0.2) is 0 Å². The van der Waals surface area contributed by atoms with Crippen molar-refractivity contribution >= 4 is 5.91 Å². The van der Waals surface area contributed by atoms with Crippen molar-refractivity contribution in [2.24, 2.45) is 5.92 Å². The number of likely N-dealkylation sites (tertiary alicyclic amines) is 1. The lowest BCUT2D eigenvalue weighted by molar-refractivity contribution is -0.127. The van der Waals surface area contributed by atoms with Crippen molar-refractivity contribution in [2.75, 3.05) is 26.3 Å². The minimum atomic E-state index is 0.119. The van der Waals surface area contributed by atoms with Gasteiger partial charge in [0.1, 0.15) is 0 Å². The van der Waals surface area contributed by atoms with Crippen LogP contribution in [0.4, 0.5) is 0 Å². The Balaban J connectivity index is 1.49. The Labute approximate surface area is 125 Å². The molecule has 5 heteroatoms. The lowest BCUT2D eigenvalue weighted by Gasteiger charge is -2.39. The third-order valence-electron chi connectivity index (χ3n) is 4.58. The molecule has 1 aromatic heterocycles. The van der Waals surface area contributed by atoms with E-state index in [1.165, 1.54) is 0 Å². The number of piperidine rings is 1. The molecule has 5 nitrogen and oxygen atoms in total. The highest BCUT2D eigenvalue weighted by molar-refractivity contribution is 5.78. The summed E-state index contributed by atoms with van der Waals surface area (Å²) in [5, 5.41) is 3.03. The number of furan rings is 1. The summed E-state index contributed by atoms with van der Waals surface area (Å²) in [6.45, 7) is 4.29. The monoisotopic (exact) mass is 292 g/mol. The fourth-order valence-corrected chi connectivity index (χ4v) is 3.33. The van der Waals surface area contributed by atoms with Crippen LogP contribution < -0.4 is 5.32 Å². The van der Waals surface area contributed by atoms with Crippen molar-refractivity contribution < 1.29 is 13.9 Å². The molecule has 116 valence electrons. The van der Waals surface area contributed by atoms with Crippen LogP contribution in [0.15, 0.2) is 23.0 Å². The van der Waals surface area contributed by atoms with Crippen LogP contribution in [-0.4, -0.2) is 43.2 Å². The molecule has 1 atom stereocenters. The van der Waals surface area contributed by atoms with E-state index in [1.807, 2.05) is 6.07 Å². The summed E-state index contributed by atoms with van der Waals surface area (Å²) in [7, 11) is 0. The van der Waals surface area contributed by atoms with Crippen LogP contribution in [0.1, 0.15) is 31.2 Å².